The highest BCUT2D eigenvalue weighted by molar-refractivity contribution is 8.16. The zero-order chi connectivity index (χ0) is 9.14. The molecule has 0 bridgehead atoms. The van der Waals surface area contributed by atoms with E-state index in [1.165, 1.54) is 18.2 Å². The van der Waals surface area contributed by atoms with E-state index in [0.29, 0.717) is 11.8 Å². The third kappa shape index (κ3) is 2.37. The lowest BCUT2D eigenvalue weighted by molar-refractivity contribution is 0.276. The van der Waals surface area contributed by atoms with Gasteiger partial charge >= 0.3 is 0 Å². The van der Waals surface area contributed by atoms with Gasteiger partial charge in [-0.15, -0.1) is 0 Å². The summed E-state index contributed by atoms with van der Waals surface area (Å²) in [6.07, 6.45) is 0. The molecule has 0 radical (unpaired) electrons. The van der Waals surface area contributed by atoms with E-state index in [1.807, 2.05) is 0 Å². The van der Waals surface area contributed by atoms with Gasteiger partial charge in [0.25, 0.3) is 4.57 Å². The highest BCUT2D eigenvalue weighted by Crippen LogP contribution is 2.31. The van der Waals surface area contributed by atoms with Crippen LogP contribution in [-0.4, -0.2) is 4.57 Å². The largest absolute Gasteiger partial charge is 0.284 e. The lowest BCUT2D eigenvalue weighted by atomic mass is 10.3. The maximum Gasteiger partial charge on any atom is 0.284 e. The number of hydrogen-bond acceptors (Lipinski definition) is 2. The standard InChI is InChI=1S/C7H3Cl2FOS/c8-4-2-1-3-5(10)6(4)12-7(9)11/h1-3H. The Morgan fingerprint density at radius 1 is 1.50 bits per heavy atom. The van der Waals surface area contributed by atoms with Crippen LogP contribution in [-0.2, 0) is 0 Å². The molecule has 1 aromatic rings. The average molecular weight is 225 g/mol. The van der Waals surface area contributed by atoms with Gasteiger partial charge in [-0.3, -0.25) is 4.79 Å². The highest BCUT2D eigenvalue weighted by atomic mass is 35.5. The van der Waals surface area contributed by atoms with Gasteiger partial charge in [-0.05, 0) is 35.5 Å². The van der Waals surface area contributed by atoms with Crippen molar-refractivity contribution in [1.29, 1.82) is 0 Å². The molecule has 0 aliphatic rings. The molecule has 0 N–H and O–H groups in total. The molecule has 0 saturated heterocycles. The summed E-state index contributed by atoms with van der Waals surface area (Å²) in [6, 6.07) is 4.17. The predicted octanol–water partition coefficient (Wildman–Crippen LogP) is 3.93. The summed E-state index contributed by atoms with van der Waals surface area (Å²) in [5.41, 5.74) is 0. The van der Waals surface area contributed by atoms with Crippen LogP contribution < -0.4 is 0 Å². The smallest absolute Gasteiger partial charge is 0.268 e. The van der Waals surface area contributed by atoms with Crippen molar-refractivity contribution in [2.45, 2.75) is 4.90 Å². The van der Waals surface area contributed by atoms with Crippen molar-refractivity contribution in [3.8, 4) is 0 Å². The second kappa shape index (κ2) is 4.12. The van der Waals surface area contributed by atoms with E-state index in [-0.39, 0.29) is 9.92 Å². The van der Waals surface area contributed by atoms with Crippen molar-refractivity contribution < 1.29 is 9.18 Å². The summed E-state index contributed by atoms with van der Waals surface area (Å²) in [5, 5.41) is 0.189. The van der Waals surface area contributed by atoms with Gasteiger partial charge in [0, 0.05) is 0 Å². The SMILES string of the molecule is O=C(Cl)Sc1c(F)cccc1Cl. The van der Waals surface area contributed by atoms with Gasteiger partial charge in [-0.1, -0.05) is 17.7 Å². The van der Waals surface area contributed by atoms with Gasteiger partial charge < -0.3 is 0 Å². The molecule has 0 fully saturated rings. The number of carbonyl (C=O) groups is 1. The number of benzene rings is 1. The molecule has 0 spiro atoms. The molecule has 5 heteroatoms. The molecule has 0 aliphatic heterocycles. The topological polar surface area (TPSA) is 17.1 Å². The molecule has 1 nitrogen and oxygen atoms in total. The van der Waals surface area contributed by atoms with E-state index in [4.69, 9.17) is 23.2 Å². The van der Waals surface area contributed by atoms with Crippen LogP contribution in [0, 0.1) is 5.82 Å². The Labute approximate surface area is 82.9 Å². The van der Waals surface area contributed by atoms with E-state index < -0.39 is 10.4 Å². The first kappa shape index (κ1) is 9.84. The Morgan fingerprint density at radius 3 is 2.67 bits per heavy atom. The van der Waals surface area contributed by atoms with Crippen LogP contribution >= 0.6 is 35.0 Å². The summed E-state index contributed by atoms with van der Waals surface area (Å²) in [7, 11) is 0. The van der Waals surface area contributed by atoms with Crippen LogP contribution in [0.4, 0.5) is 9.18 Å². The molecule has 0 aliphatic carbocycles. The van der Waals surface area contributed by atoms with E-state index in [0.717, 1.165) is 0 Å². The van der Waals surface area contributed by atoms with Crippen LogP contribution in [0.1, 0.15) is 0 Å². The Hall–Kier alpha value is -0.250. The maximum absolute atomic E-state index is 12.9. The molecular weight excluding hydrogens is 222 g/mol. The molecule has 1 rings (SSSR count). The van der Waals surface area contributed by atoms with E-state index >= 15 is 0 Å². The monoisotopic (exact) mass is 224 g/mol. The van der Waals surface area contributed by atoms with Crippen LogP contribution in [0.25, 0.3) is 0 Å². The molecule has 0 saturated carbocycles. The zero-order valence-corrected chi connectivity index (χ0v) is 8.01. The maximum atomic E-state index is 12.9. The minimum atomic E-state index is -0.706. The molecular formula is C7H3Cl2FOS. The third-order valence-corrected chi connectivity index (χ3v) is 2.54. The molecule has 0 unspecified atom stereocenters. The van der Waals surface area contributed by atoms with Crippen LogP contribution in [0.3, 0.4) is 0 Å². The van der Waals surface area contributed by atoms with Crippen LogP contribution in [0.15, 0.2) is 23.1 Å². The number of carbonyl (C=O) groups excluding carboxylic acids is 1. The van der Waals surface area contributed by atoms with Crippen molar-refractivity contribution in [2.75, 3.05) is 0 Å². The van der Waals surface area contributed by atoms with Crippen molar-refractivity contribution in [2.24, 2.45) is 0 Å². The van der Waals surface area contributed by atoms with Crippen molar-refractivity contribution >= 4 is 39.5 Å². The van der Waals surface area contributed by atoms with Crippen LogP contribution in [0.2, 0.25) is 5.02 Å². The minimum Gasteiger partial charge on any atom is -0.268 e. The Balaban J connectivity index is 3.04. The average Bonchev–Trinajstić information content (AvgIpc) is 1.97. The predicted molar refractivity (Wildman–Crippen MR) is 48.5 cm³/mol. The molecule has 1 aromatic carbocycles. The van der Waals surface area contributed by atoms with Gasteiger partial charge in [0.05, 0.1) is 9.92 Å². The van der Waals surface area contributed by atoms with E-state index in [1.54, 1.807) is 0 Å². The summed E-state index contributed by atoms with van der Waals surface area (Å²) in [5.74, 6) is -0.540. The molecule has 0 amide bonds. The number of thioether (sulfide) groups is 1. The fraction of sp³-hybridized carbons (Fsp3) is 0. The summed E-state index contributed by atoms with van der Waals surface area (Å²) in [4.78, 5) is 10.5. The van der Waals surface area contributed by atoms with E-state index in [9.17, 15) is 9.18 Å². The Morgan fingerprint density at radius 2 is 2.17 bits per heavy atom. The van der Waals surface area contributed by atoms with Crippen molar-refractivity contribution in [1.82, 2.24) is 0 Å². The van der Waals surface area contributed by atoms with E-state index in [2.05, 4.69) is 0 Å². The van der Waals surface area contributed by atoms with Gasteiger partial charge in [-0.25, -0.2) is 4.39 Å². The second-order valence-electron chi connectivity index (χ2n) is 1.89. The molecule has 0 heterocycles. The minimum absolute atomic E-state index is 0.0687. The second-order valence-corrected chi connectivity index (χ2v) is 3.85. The fourth-order valence-corrected chi connectivity index (χ4v) is 1.66. The number of rotatable bonds is 1. The van der Waals surface area contributed by atoms with Gasteiger partial charge in [0.1, 0.15) is 5.82 Å². The lowest BCUT2D eigenvalue weighted by Gasteiger charge is -2.00. The van der Waals surface area contributed by atoms with Gasteiger partial charge in [-0.2, -0.15) is 0 Å². The normalized spacial score (nSPS) is 9.92. The van der Waals surface area contributed by atoms with Crippen molar-refractivity contribution in [3.63, 3.8) is 0 Å². The first-order chi connectivity index (χ1) is 5.61. The molecule has 0 aromatic heterocycles. The molecule has 12 heavy (non-hydrogen) atoms. The highest BCUT2D eigenvalue weighted by Gasteiger charge is 2.10. The molecule has 64 valence electrons. The fourth-order valence-electron chi connectivity index (χ4n) is 0.660. The van der Waals surface area contributed by atoms with Gasteiger partial charge in [0.15, 0.2) is 0 Å². The van der Waals surface area contributed by atoms with Crippen molar-refractivity contribution in [3.05, 3.63) is 29.0 Å². The number of hydrogen-bond donors (Lipinski definition) is 0. The molecule has 0 atom stereocenters. The van der Waals surface area contributed by atoms with Crippen LogP contribution in [0.5, 0.6) is 0 Å². The lowest BCUT2D eigenvalue weighted by Crippen LogP contribution is -1.83. The number of halogens is 3. The first-order valence-electron chi connectivity index (χ1n) is 2.92. The Bertz CT molecular complexity index is 296. The Kier molecular flexibility index (Phi) is 3.38. The summed E-state index contributed by atoms with van der Waals surface area (Å²) in [6.45, 7) is 0. The summed E-state index contributed by atoms with van der Waals surface area (Å²) < 4.78 is 12.2. The quantitative estimate of drug-likeness (QED) is 0.532. The zero-order valence-electron chi connectivity index (χ0n) is 5.68. The third-order valence-electron chi connectivity index (χ3n) is 1.10. The first-order valence-corrected chi connectivity index (χ1v) is 4.50. The van der Waals surface area contributed by atoms with Gasteiger partial charge in [0.2, 0.25) is 0 Å². The summed E-state index contributed by atoms with van der Waals surface area (Å²) >= 11 is 11.2.